The first kappa shape index (κ1) is 13.4. The lowest BCUT2D eigenvalue weighted by atomic mass is 9.78. The normalized spacial score (nSPS) is 21.8. The summed E-state index contributed by atoms with van der Waals surface area (Å²) in [6.45, 7) is 7.23. The fraction of sp³-hybridized carbons (Fsp3) is 0.500. The van der Waals surface area contributed by atoms with Crippen LogP contribution in [0.2, 0.25) is 0 Å². The van der Waals surface area contributed by atoms with E-state index in [0.29, 0.717) is 5.41 Å². The van der Waals surface area contributed by atoms with E-state index in [9.17, 15) is 0 Å². The Bertz CT molecular complexity index is 530. The van der Waals surface area contributed by atoms with Gasteiger partial charge in [-0.05, 0) is 24.0 Å². The molecule has 1 aromatic rings. The van der Waals surface area contributed by atoms with Crippen LogP contribution in [0.4, 0.5) is 5.69 Å². The van der Waals surface area contributed by atoms with E-state index in [0.717, 1.165) is 6.42 Å². The molecule has 0 aromatic heterocycles. The van der Waals surface area contributed by atoms with Crippen LogP contribution in [-0.2, 0) is 0 Å². The van der Waals surface area contributed by atoms with Crippen LogP contribution in [0.15, 0.2) is 42.1 Å². The summed E-state index contributed by atoms with van der Waals surface area (Å²) in [6, 6.07) is 10.5. The zero-order chi connectivity index (χ0) is 14.0. The van der Waals surface area contributed by atoms with E-state index in [4.69, 9.17) is 0 Å². The van der Waals surface area contributed by atoms with Crippen molar-refractivity contribution in [1.82, 2.24) is 0 Å². The molecule has 0 amide bonds. The molecule has 106 valence electrons. The lowest BCUT2D eigenvalue weighted by molar-refractivity contribution is -0.507. The number of anilines is 1. The van der Waals surface area contributed by atoms with Crippen molar-refractivity contribution in [3.8, 4) is 0 Å². The van der Waals surface area contributed by atoms with Crippen molar-refractivity contribution in [3.05, 3.63) is 42.1 Å². The Labute approximate surface area is 122 Å². The van der Waals surface area contributed by atoms with Gasteiger partial charge in [0.1, 0.15) is 13.1 Å². The average Bonchev–Trinajstić information content (AvgIpc) is 2.92. The molecule has 2 aliphatic rings. The average molecular weight is 269 g/mol. The van der Waals surface area contributed by atoms with Crippen LogP contribution in [0, 0.1) is 5.41 Å². The maximum Gasteiger partial charge on any atom is 0.178 e. The molecule has 2 heteroatoms. The van der Waals surface area contributed by atoms with E-state index >= 15 is 0 Å². The number of hydrogen-bond acceptors (Lipinski definition) is 1. The third kappa shape index (κ3) is 3.12. The summed E-state index contributed by atoms with van der Waals surface area (Å²) < 4.78 is 2.58. The summed E-state index contributed by atoms with van der Waals surface area (Å²) in [5, 5.41) is 3.60. The molecule has 0 bridgehead atoms. The molecular formula is C18H25N2+. The molecule has 2 nitrogen and oxygen atoms in total. The first-order valence-electron chi connectivity index (χ1n) is 7.76. The smallest absolute Gasteiger partial charge is 0.178 e. The van der Waals surface area contributed by atoms with Gasteiger partial charge in [0, 0.05) is 36.7 Å². The number of rotatable bonds is 2. The van der Waals surface area contributed by atoms with Gasteiger partial charge in [0.25, 0.3) is 0 Å². The molecule has 20 heavy (non-hydrogen) atoms. The second kappa shape index (κ2) is 5.43. The number of nitrogens with one attached hydrogen (secondary N) is 1. The van der Waals surface area contributed by atoms with Gasteiger partial charge in [-0.3, -0.25) is 0 Å². The molecule has 1 aliphatic heterocycles. The minimum Gasteiger partial charge on any atom is -0.359 e. The van der Waals surface area contributed by atoms with Gasteiger partial charge in [0.05, 0.1) is 0 Å². The molecule has 0 radical (unpaired) electrons. The van der Waals surface area contributed by atoms with E-state index in [2.05, 4.69) is 60.1 Å². The van der Waals surface area contributed by atoms with Crippen molar-refractivity contribution in [3.63, 3.8) is 0 Å². The summed E-state index contributed by atoms with van der Waals surface area (Å²) in [5.74, 6) is 0. The third-order valence-corrected chi connectivity index (χ3v) is 4.26. The van der Waals surface area contributed by atoms with Crippen LogP contribution in [0.3, 0.4) is 0 Å². The highest BCUT2D eigenvalue weighted by atomic mass is 15.0. The van der Waals surface area contributed by atoms with Crippen molar-refractivity contribution in [2.24, 2.45) is 5.41 Å². The first-order valence-corrected chi connectivity index (χ1v) is 7.76. The second-order valence-corrected chi connectivity index (χ2v) is 6.86. The van der Waals surface area contributed by atoms with Gasteiger partial charge in [-0.2, -0.15) is 0 Å². The molecule has 3 rings (SSSR count). The van der Waals surface area contributed by atoms with Crippen molar-refractivity contribution in [2.75, 3.05) is 18.4 Å². The maximum atomic E-state index is 3.60. The molecule has 0 saturated carbocycles. The largest absolute Gasteiger partial charge is 0.359 e. The Balaban J connectivity index is 1.87. The minimum atomic E-state index is 0.351. The van der Waals surface area contributed by atoms with Gasteiger partial charge in [0.2, 0.25) is 0 Å². The Morgan fingerprint density at radius 1 is 1.00 bits per heavy atom. The number of nitrogens with zero attached hydrogens (tertiary/aromatic N) is 1. The highest BCUT2D eigenvalue weighted by Crippen LogP contribution is 2.34. The van der Waals surface area contributed by atoms with Gasteiger partial charge < -0.3 is 5.32 Å². The lowest BCUT2D eigenvalue weighted by Crippen LogP contribution is -2.30. The molecule has 0 spiro atoms. The van der Waals surface area contributed by atoms with Crippen LogP contribution >= 0.6 is 0 Å². The molecule has 1 fully saturated rings. The molecule has 0 unspecified atom stereocenters. The zero-order valence-corrected chi connectivity index (χ0v) is 12.7. The fourth-order valence-corrected chi connectivity index (χ4v) is 3.37. The summed E-state index contributed by atoms with van der Waals surface area (Å²) in [4.78, 5) is 0. The fourth-order valence-electron chi connectivity index (χ4n) is 3.37. The van der Waals surface area contributed by atoms with Crippen molar-refractivity contribution in [1.29, 1.82) is 0 Å². The Morgan fingerprint density at radius 2 is 1.70 bits per heavy atom. The highest BCUT2D eigenvalue weighted by molar-refractivity contribution is 5.93. The first-order chi connectivity index (χ1) is 9.62. The summed E-state index contributed by atoms with van der Waals surface area (Å²) >= 11 is 0. The number of hydrogen-bond donors (Lipinski definition) is 1. The predicted octanol–water partition coefficient (Wildman–Crippen LogP) is 4.05. The van der Waals surface area contributed by atoms with E-state index in [1.807, 2.05) is 0 Å². The standard InChI is InChI=1S/C18H24N2/c1-18(2)13-16(19-15-8-4-3-5-9-15)12-17(14-18)20-10-6-7-11-20/h3-5,8-9,12H,6-7,10-11,13-14H2,1-2H3/p+1. The van der Waals surface area contributed by atoms with Gasteiger partial charge in [-0.25, -0.2) is 4.58 Å². The van der Waals surface area contributed by atoms with Crippen LogP contribution in [0.5, 0.6) is 0 Å². The third-order valence-electron chi connectivity index (χ3n) is 4.26. The molecule has 1 heterocycles. The van der Waals surface area contributed by atoms with Gasteiger partial charge in [-0.15, -0.1) is 0 Å². The summed E-state index contributed by atoms with van der Waals surface area (Å²) in [6.07, 6.45) is 7.41. The van der Waals surface area contributed by atoms with Crippen molar-refractivity contribution in [2.45, 2.75) is 39.5 Å². The predicted molar refractivity (Wildman–Crippen MR) is 85.4 cm³/mol. The monoisotopic (exact) mass is 269 g/mol. The second-order valence-electron chi connectivity index (χ2n) is 6.86. The highest BCUT2D eigenvalue weighted by Gasteiger charge is 2.31. The van der Waals surface area contributed by atoms with Crippen molar-refractivity contribution >= 4 is 11.4 Å². The lowest BCUT2D eigenvalue weighted by Gasteiger charge is -2.30. The van der Waals surface area contributed by atoms with Gasteiger partial charge >= 0.3 is 0 Å². The Morgan fingerprint density at radius 3 is 2.40 bits per heavy atom. The van der Waals surface area contributed by atoms with E-state index < -0.39 is 0 Å². The summed E-state index contributed by atoms with van der Waals surface area (Å²) in [5.41, 5.74) is 4.42. The number of allylic oxidation sites excluding steroid dienone is 2. The topological polar surface area (TPSA) is 15.0 Å². The van der Waals surface area contributed by atoms with E-state index in [1.54, 1.807) is 0 Å². The SMILES string of the molecule is CC1(C)CC(Nc2ccccc2)=CC(=[N+]2CCCC2)C1. The molecule has 1 aliphatic carbocycles. The number of para-hydroxylation sites is 1. The van der Waals surface area contributed by atoms with Crippen LogP contribution in [-0.4, -0.2) is 23.4 Å². The minimum absolute atomic E-state index is 0.351. The van der Waals surface area contributed by atoms with Crippen LogP contribution in [0.1, 0.15) is 39.5 Å². The van der Waals surface area contributed by atoms with Gasteiger partial charge in [0.15, 0.2) is 5.71 Å². The van der Waals surface area contributed by atoms with Crippen molar-refractivity contribution < 1.29 is 4.58 Å². The quantitative estimate of drug-likeness (QED) is 0.800. The number of benzene rings is 1. The zero-order valence-electron chi connectivity index (χ0n) is 12.7. The molecule has 0 atom stereocenters. The van der Waals surface area contributed by atoms with Crippen LogP contribution in [0.25, 0.3) is 0 Å². The Kier molecular flexibility index (Phi) is 3.64. The van der Waals surface area contributed by atoms with E-state index in [-0.39, 0.29) is 0 Å². The van der Waals surface area contributed by atoms with Gasteiger partial charge in [-0.1, -0.05) is 32.0 Å². The molecule has 1 saturated heterocycles. The molecule has 1 N–H and O–H groups in total. The summed E-state index contributed by atoms with van der Waals surface area (Å²) in [7, 11) is 0. The molecular weight excluding hydrogens is 244 g/mol. The maximum absolute atomic E-state index is 3.60. The van der Waals surface area contributed by atoms with Crippen LogP contribution < -0.4 is 5.32 Å². The Hall–Kier alpha value is -1.57. The van der Waals surface area contributed by atoms with E-state index in [1.165, 1.54) is 49.4 Å². The molecule has 1 aromatic carbocycles.